The van der Waals surface area contributed by atoms with Gasteiger partial charge < -0.3 is 4.74 Å². The minimum absolute atomic E-state index is 0.143. The molecule has 6 heteroatoms. The maximum Gasteiger partial charge on any atom is 0.283 e. The van der Waals surface area contributed by atoms with Gasteiger partial charge in [0.25, 0.3) is 5.91 Å². The lowest BCUT2D eigenvalue weighted by Crippen LogP contribution is -2.60. The Hall–Kier alpha value is -1.66. The molecular formula is C18H24FN3O2. The summed E-state index contributed by atoms with van der Waals surface area (Å²) in [5, 5.41) is 1.55. The molecule has 0 unspecified atom stereocenters. The second-order valence-electron chi connectivity index (χ2n) is 7.01. The van der Waals surface area contributed by atoms with E-state index in [1.807, 2.05) is 0 Å². The molecule has 2 fully saturated rings. The molecule has 130 valence electrons. The zero-order valence-electron chi connectivity index (χ0n) is 13.8. The number of carbonyl (C=O) groups excluding carboxylic acids is 1. The van der Waals surface area contributed by atoms with Crippen LogP contribution in [0, 0.1) is 5.82 Å². The van der Waals surface area contributed by atoms with E-state index in [9.17, 15) is 9.18 Å². The molecule has 2 saturated carbocycles. The third-order valence-corrected chi connectivity index (χ3v) is 5.30. The molecule has 1 amide bonds. The molecule has 0 radical (unpaired) electrons. The molecule has 0 bridgehead atoms. The predicted molar refractivity (Wildman–Crippen MR) is 87.9 cm³/mol. The molecule has 0 spiro atoms. The van der Waals surface area contributed by atoms with Gasteiger partial charge in [-0.05, 0) is 50.7 Å². The fourth-order valence-corrected chi connectivity index (χ4v) is 3.34. The second-order valence-corrected chi connectivity index (χ2v) is 7.01. The summed E-state index contributed by atoms with van der Waals surface area (Å²) in [5.41, 5.74) is 7.85. The van der Waals surface area contributed by atoms with Crippen molar-refractivity contribution >= 4 is 5.91 Å². The lowest BCUT2D eigenvalue weighted by atomic mass is 9.93. The number of rotatable bonds is 5. The van der Waals surface area contributed by atoms with E-state index in [0.717, 1.165) is 32.1 Å². The van der Waals surface area contributed by atoms with Crippen LogP contribution in [0.4, 0.5) is 4.39 Å². The number of benzene rings is 1. The first-order chi connectivity index (χ1) is 11.7. The molecule has 1 heterocycles. The topological polar surface area (TPSA) is 53.6 Å². The molecule has 0 aromatic heterocycles. The fourth-order valence-electron chi connectivity index (χ4n) is 3.34. The average molecular weight is 333 g/mol. The molecule has 24 heavy (non-hydrogen) atoms. The fraction of sp³-hybridized carbons (Fsp3) is 0.611. The van der Waals surface area contributed by atoms with E-state index in [0.29, 0.717) is 36.2 Å². The number of halogens is 1. The van der Waals surface area contributed by atoms with Gasteiger partial charge in [0.2, 0.25) is 0 Å². The maximum atomic E-state index is 14.0. The minimum Gasteiger partial charge on any atom is -0.490 e. The number of nitrogens with zero attached hydrogens (tertiary/aromatic N) is 1. The number of amides is 1. The van der Waals surface area contributed by atoms with Crippen molar-refractivity contribution in [3.8, 4) is 5.75 Å². The van der Waals surface area contributed by atoms with Crippen molar-refractivity contribution < 1.29 is 13.9 Å². The average Bonchev–Trinajstić information content (AvgIpc) is 2.52. The number of ether oxygens (including phenoxy) is 1. The van der Waals surface area contributed by atoms with Crippen LogP contribution in [0.15, 0.2) is 12.1 Å². The van der Waals surface area contributed by atoms with Crippen molar-refractivity contribution in [2.45, 2.75) is 63.5 Å². The van der Waals surface area contributed by atoms with Crippen LogP contribution in [0.2, 0.25) is 0 Å². The van der Waals surface area contributed by atoms with Crippen LogP contribution in [-0.4, -0.2) is 29.7 Å². The molecule has 0 saturated heterocycles. The molecule has 1 aromatic rings. The zero-order valence-corrected chi connectivity index (χ0v) is 13.8. The summed E-state index contributed by atoms with van der Waals surface area (Å²) in [6.45, 7) is 0.506. The van der Waals surface area contributed by atoms with Crippen LogP contribution >= 0.6 is 0 Å². The van der Waals surface area contributed by atoms with Crippen LogP contribution in [0.5, 0.6) is 5.75 Å². The van der Waals surface area contributed by atoms with Crippen molar-refractivity contribution in [2.75, 3.05) is 6.61 Å². The predicted octanol–water partition coefficient (Wildman–Crippen LogP) is 2.71. The third kappa shape index (κ3) is 3.00. The van der Waals surface area contributed by atoms with Gasteiger partial charge in [0.05, 0.1) is 6.61 Å². The molecule has 4 rings (SSSR count). The molecule has 2 aliphatic carbocycles. The molecular weight excluding hydrogens is 309 g/mol. The van der Waals surface area contributed by atoms with Crippen LogP contribution < -0.4 is 15.6 Å². The maximum absolute atomic E-state index is 14.0. The lowest BCUT2D eigenvalue weighted by Gasteiger charge is -2.38. The summed E-state index contributed by atoms with van der Waals surface area (Å²) in [6.07, 6.45) is 8.21. The van der Waals surface area contributed by atoms with Crippen LogP contribution in [-0.2, 0) is 6.42 Å². The highest BCUT2D eigenvalue weighted by Gasteiger charge is 2.30. The van der Waals surface area contributed by atoms with E-state index in [1.54, 1.807) is 11.2 Å². The van der Waals surface area contributed by atoms with Gasteiger partial charge in [-0.3, -0.25) is 4.79 Å². The zero-order chi connectivity index (χ0) is 16.5. The Bertz CT molecular complexity index is 613. The normalized spacial score (nSPS) is 20.5. The first-order valence-electron chi connectivity index (χ1n) is 9.03. The third-order valence-electron chi connectivity index (χ3n) is 5.30. The molecule has 2 N–H and O–H groups in total. The van der Waals surface area contributed by atoms with Gasteiger partial charge in [-0.15, -0.1) is 0 Å². The van der Waals surface area contributed by atoms with E-state index in [-0.39, 0.29) is 17.5 Å². The van der Waals surface area contributed by atoms with E-state index < -0.39 is 0 Å². The van der Waals surface area contributed by atoms with Crippen molar-refractivity contribution in [3.63, 3.8) is 0 Å². The van der Waals surface area contributed by atoms with E-state index >= 15 is 0 Å². The Morgan fingerprint density at radius 2 is 1.75 bits per heavy atom. The summed E-state index contributed by atoms with van der Waals surface area (Å²) < 4.78 is 19.4. The van der Waals surface area contributed by atoms with Gasteiger partial charge in [0.15, 0.2) is 11.6 Å². The van der Waals surface area contributed by atoms with Crippen molar-refractivity contribution in [3.05, 3.63) is 29.1 Å². The summed E-state index contributed by atoms with van der Waals surface area (Å²) >= 11 is 0. The van der Waals surface area contributed by atoms with E-state index in [2.05, 4.69) is 10.9 Å². The summed E-state index contributed by atoms with van der Waals surface area (Å²) in [7, 11) is 0. The Kier molecular flexibility index (Phi) is 4.41. The number of hydrogen-bond donors (Lipinski definition) is 2. The smallest absolute Gasteiger partial charge is 0.283 e. The lowest BCUT2D eigenvalue weighted by molar-refractivity contribution is 0.0243. The monoisotopic (exact) mass is 333 g/mol. The quantitative estimate of drug-likeness (QED) is 0.814. The Balaban J connectivity index is 1.58. The number of hydrogen-bond acceptors (Lipinski definition) is 4. The largest absolute Gasteiger partial charge is 0.490 e. The Labute approximate surface area is 141 Å². The summed E-state index contributed by atoms with van der Waals surface area (Å²) in [4.78, 5) is 13.1. The van der Waals surface area contributed by atoms with Gasteiger partial charge in [0.1, 0.15) is 0 Å². The number of nitrogens with one attached hydrogen (secondary N) is 2. The van der Waals surface area contributed by atoms with Gasteiger partial charge >= 0.3 is 0 Å². The minimum atomic E-state index is -0.383. The summed E-state index contributed by atoms with van der Waals surface area (Å²) in [5.74, 6) is -0.276. The van der Waals surface area contributed by atoms with Crippen molar-refractivity contribution in [1.82, 2.24) is 16.0 Å². The van der Waals surface area contributed by atoms with Crippen LogP contribution in [0.25, 0.3) is 0 Å². The van der Waals surface area contributed by atoms with Crippen LogP contribution in [0.3, 0.4) is 0 Å². The first kappa shape index (κ1) is 15.8. The molecule has 5 nitrogen and oxygen atoms in total. The van der Waals surface area contributed by atoms with Crippen LogP contribution in [0.1, 0.15) is 60.9 Å². The summed E-state index contributed by atoms with van der Waals surface area (Å²) in [6, 6.07) is 3.61. The number of carbonyl (C=O) groups is 1. The standard InChI is InChI=1S/C18H24FN3O2/c19-16-10-9-15(14-8-3-11-24-17(14)16)18(23)22(20-12-4-1-5-12)21-13-6-2-7-13/h9-10,12-13,20-21H,1-8,11H2. The highest BCUT2D eigenvalue weighted by atomic mass is 19.1. The highest BCUT2D eigenvalue weighted by Crippen LogP contribution is 2.32. The van der Waals surface area contributed by atoms with Crippen molar-refractivity contribution in [1.29, 1.82) is 0 Å². The second kappa shape index (κ2) is 6.69. The Morgan fingerprint density at radius 1 is 1.08 bits per heavy atom. The molecule has 1 aromatic carbocycles. The Morgan fingerprint density at radius 3 is 2.33 bits per heavy atom. The molecule has 0 atom stereocenters. The van der Waals surface area contributed by atoms with E-state index in [1.165, 1.54) is 18.9 Å². The molecule has 3 aliphatic rings. The van der Waals surface area contributed by atoms with Gasteiger partial charge in [-0.2, -0.15) is 0 Å². The number of fused-ring (bicyclic) bond motifs is 1. The highest BCUT2D eigenvalue weighted by molar-refractivity contribution is 5.96. The first-order valence-corrected chi connectivity index (χ1v) is 9.03. The molecule has 1 aliphatic heterocycles. The van der Waals surface area contributed by atoms with E-state index in [4.69, 9.17) is 4.74 Å². The SMILES string of the molecule is O=C(c1ccc(F)c2c1CCCO2)N(NC1CCC1)NC1CCC1. The van der Waals surface area contributed by atoms with Gasteiger partial charge in [0, 0.05) is 23.2 Å². The van der Waals surface area contributed by atoms with Gasteiger partial charge in [-0.1, -0.05) is 12.8 Å². The van der Waals surface area contributed by atoms with Crippen molar-refractivity contribution in [2.24, 2.45) is 0 Å². The van der Waals surface area contributed by atoms with Gasteiger partial charge in [-0.25, -0.2) is 20.4 Å². The number of hydrazine groups is 2.